The lowest BCUT2D eigenvalue weighted by molar-refractivity contribution is -0.156. The van der Waals surface area contributed by atoms with E-state index in [0.29, 0.717) is 5.92 Å². The number of carboxylic acid groups (broad SMARTS) is 1. The fraction of sp³-hybridized carbons (Fsp3) is 0.529. The molecule has 5 nitrogen and oxygen atoms in total. The van der Waals surface area contributed by atoms with Gasteiger partial charge in [-0.3, -0.25) is 4.79 Å². The Kier molecular flexibility index (Phi) is 6.11. The first kappa shape index (κ1) is 18.2. The number of benzene rings is 1. The third-order valence-electron chi connectivity index (χ3n) is 3.58. The van der Waals surface area contributed by atoms with Crippen LogP contribution in [0.25, 0.3) is 0 Å². The number of nitrogens with one attached hydrogen (secondary N) is 1. The van der Waals surface area contributed by atoms with Crippen LogP contribution < -0.4 is 5.32 Å². The smallest absolute Gasteiger partial charge is 0.337 e. The number of rotatable bonds is 7. The standard InChI is InChI=1S/C17H25NO4/c1-11(2)9-13-5-7-14(8-6-13)12(3)15(19)18-10-17(4,22)16(20)21/h5-8,11-12,22H,9-10H2,1-4H3,(H,18,19)(H,20,21)/t12-,17?/m0/s1. The minimum Gasteiger partial charge on any atom is -0.479 e. The highest BCUT2D eigenvalue weighted by molar-refractivity contribution is 5.84. The maximum atomic E-state index is 12.1. The lowest BCUT2D eigenvalue weighted by Gasteiger charge is -2.20. The van der Waals surface area contributed by atoms with Crippen molar-refractivity contribution in [1.82, 2.24) is 5.32 Å². The van der Waals surface area contributed by atoms with Crippen molar-refractivity contribution in [1.29, 1.82) is 0 Å². The van der Waals surface area contributed by atoms with Crippen molar-refractivity contribution in [3.63, 3.8) is 0 Å². The van der Waals surface area contributed by atoms with E-state index in [-0.39, 0.29) is 12.5 Å². The third kappa shape index (κ3) is 5.15. The molecule has 2 atom stereocenters. The highest BCUT2D eigenvalue weighted by Crippen LogP contribution is 2.18. The van der Waals surface area contributed by atoms with Crippen LogP contribution in [-0.4, -0.2) is 34.2 Å². The lowest BCUT2D eigenvalue weighted by Crippen LogP contribution is -2.47. The van der Waals surface area contributed by atoms with Crippen molar-refractivity contribution in [2.75, 3.05) is 6.54 Å². The van der Waals surface area contributed by atoms with E-state index < -0.39 is 17.5 Å². The summed E-state index contributed by atoms with van der Waals surface area (Å²) in [7, 11) is 0. The molecule has 0 radical (unpaired) electrons. The molecule has 0 aliphatic heterocycles. The van der Waals surface area contributed by atoms with Crippen LogP contribution >= 0.6 is 0 Å². The van der Waals surface area contributed by atoms with Gasteiger partial charge in [0.2, 0.25) is 5.91 Å². The average Bonchev–Trinajstić information content (AvgIpc) is 2.44. The van der Waals surface area contributed by atoms with Crippen molar-refractivity contribution < 1.29 is 19.8 Å². The van der Waals surface area contributed by atoms with Gasteiger partial charge in [-0.2, -0.15) is 0 Å². The fourth-order valence-corrected chi connectivity index (χ4v) is 2.05. The zero-order chi connectivity index (χ0) is 16.9. The molecule has 0 aliphatic carbocycles. The van der Waals surface area contributed by atoms with Gasteiger partial charge in [0.1, 0.15) is 0 Å². The normalized spacial score (nSPS) is 15.2. The molecule has 0 saturated carbocycles. The summed E-state index contributed by atoms with van der Waals surface area (Å²) in [4.78, 5) is 22.9. The number of carbonyl (C=O) groups is 2. The number of hydrogen-bond donors (Lipinski definition) is 3. The Bertz CT molecular complexity index is 520. The van der Waals surface area contributed by atoms with Gasteiger partial charge in [0.15, 0.2) is 5.60 Å². The van der Waals surface area contributed by atoms with Crippen molar-refractivity contribution in [3.8, 4) is 0 Å². The van der Waals surface area contributed by atoms with Crippen LogP contribution in [0.15, 0.2) is 24.3 Å². The van der Waals surface area contributed by atoms with Crippen molar-refractivity contribution in [2.45, 2.75) is 45.6 Å². The van der Waals surface area contributed by atoms with Crippen LogP contribution in [0.4, 0.5) is 0 Å². The molecule has 1 rings (SSSR count). The van der Waals surface area contributed by atoms with E-state index in [1.54, 1.807) is 6.92 Å². The Morgan fingerprint density at radius 1 is 1.18 bits per heavy atom. The molecule has 0 aromatic heterocycles. The van der Waals surface area contributed by atoms with Gasteiger partial charge in [0.05, 0.1) is 12.5 Å². The molecule has 0 saturated heterocycles. The molecule has 0 bridgehead atoms. The van der Waals surface area contributed by atoms with Crippen molar-refractivity contribution in [2.24, 2.45) is 5.92 Å². The highest BCUT2D eigenvalue weighted by atomic mass is 16.4. The van der Waals surface area contributed by atoms with Crippen LogP contribution in [0.1, 0.15) is 44.7 Å². The molecule has 1 unspecified atom stereocenters. The van der Waals surface area contributed by atoms with Crippen LogP contribution in [-0.2, 0) is 16.0 Å². The van der Waals surface area contributed by atoms with E-state index in [1.807, 2.05) is 24.3 Å². The van der Waals surface area contributed by atoms with E-state index in [4.69, 9.17) is 5.11 Å². The summed E-state index contributed by atoms with van der Waals surface area (Å²) in [6.07, 6.45) is 0.988. The zero-order valence-corrected chi connectivity index (χ0v) is 13.6. The number of aliphatic carboxylic acids is 1. The number of amides is 1. The molecular weight excluding hydrogens is 282 g/mol. The number of carbonyl (C=O) groups excluding carboxylic acids is 1. The van der Waals surface area contributed by atoms with E-state index in [2.05, 4.69) is 19.2 Å². The quantitative estimate of drug-likeness (QED) is 0.718. The second kappa shape index (κ2) is 7.40. The molecule has 1 aromatic rings. The summed E-state index contributed by atoms with van der Waals surface area (Å²) in [5, 5.41) is 20.9. The summed E-state index contributed by atoms with van der Waals surface area (Å²) >= 11 is 0. The van der Waals surface area contributed by atoms with Crippen LogP contribution in [0, 0.1) is 5.92 Å². The zero-order valence-electron chi connectivity index (χ0n) is 13.6. The second-order valence-electron chi connectivity index (χ2n) is 6.36. The molecular formula is C17H25NO4. The Balaban J connectivity index is 2.65. The summed E-state index contributed by atoms with van der Waals surface area (Å²) in [5.74, 6) is -1.50. The molecule has 3 N–H and O–H groups in total. The molecule has 0 fully saturated rings. The topological polar surface area (TPSA) is 86.6 Å². The Morgan fingerprint density at radius 2 is 1.73 bits per heavy atom. The van der Waals surface area contributed by atoms with Crippen LogP contribution in [0.3, 0.4) is 0 Å². The molecule has 1 amide bonds. The Hall–Kier alpha value is -1.88. The van der Waals surface area contributed by atoms with Crippen molar-refractivity contribution in [3.05, 3.63) is 35.4 Å². The number of carboxylic acids is 1. The van der Waals surface area contributed by atoms with Gasteiger partial charge in [-0.05, 0) is 37.3 Å². The van der Waals surface area contributed by atoms with Gasteiger partial charge in [-0.25, -0.2) is 4.79 Å². The molecule has 5 heteroatoms. The first-order chi connectivity index (χ1) is 10.1. The van der Waals surface area contributed by atoms with Crippen LogP contribution in [0.5, 0.6) is 0 Å². The predicted octanol–water partition coefficient (Wildman–Crippen LogP) is 1.94. The predicted molar refractivity (Wildman–Crippen MR) is 84.7 cm³/mol. The highest BCUT2D eigenvalue weighted by Gasteiger charge is 2.31. The summed E-state index contributed by atoms with van der Waals surface area (Å²) in [6, 6.07) is 7.84. The molecule has 22 heavy (non-hydrogen) atoms. The first-order valence-electron chi connectivity index (χ1n) is 7.46. The van der Waals surface area contributed by atoms with Gasteiger partial charge < -0.3 is 15.5 Å². The van der Waals surface area contributed by atoms with Gasteiger partial charge in [0.25, 0.3) is 0 Å². The Labute approximate surface area is 131 Å². The number of aliphatic hydroxyl groups is 1. The van der Waals surface area contributed by atoms with Crippen LogP contribution in [0.2, 0.25) is 0 Å². The maximum Gasteiger partial charge on any atom is 0.337 e. The average molecular weight is 307 g/mol. The van der Waals surface area contributed by atoms with E-state index >= 15 is 0 Å². The van der Waals surface area contributed by atoms with Gasteiger partial charge in [-0.15, -0.1) is 0 Å². The SMILES string of the molecule is CC(C)Cc1ccc([C@H](C)C(=O)NCC(C)(O)C(=O)O)cc1. The van der Waals surface area contributed by atoms with Crippen molar-refractivity contribution >= 4 is 11.9 Å². The molecule has 1 aromatic carbocycles. The maximum absolute atomic E-state index is 12.1. The van der Waals surface area contributed by atoms with Gasteiger partial charge >= 0.3 is 5.97 Å². The first-order valence-corrected chi connectivity index (χ1v) is 7.46. The molecule has 0 heterocycles. The lowest BCUT2D eigenvalue weighted by atomic mass is 9.96. The number of hydrogen-bond acceptors (Lipinski definition) is 3. The minimum absolute atomic E-state index is 0.307. The molecule has 0 spiro atoms. The van der Waals surface area contributed by atoms with Gasteiger partial charge in [-0.1, -0.05) is 38.1 Å². The third-order valence-corrected chi connectivity index (χ3v) is 3.58. The van der Waals surface area contributed by atoms with E-state index in [9.17, 15) is 14.7 Å². The fourth-order valence-electron chi connectivity index (χ4n) is 2.05. The van der Waals surface area contributed by atoms with E-state index in [1.165, 1.54) is 5.56 Å². The van der Waals surface area contributed by atoms with E-state index in [0.717, 1.165) is 18.9 Å². The second-order valence-corrected chi connectivity index (χ2v) is 6.36. The summed E-state index contributed by atoms with van der Waals surface area (Å²) in [6.45, 7) is 6.89. The summed E-state index contributed by atoms with van der Waals surface area (Å²) in [5.41, 5.74) is 0.122. The summed E-state index contributed by atoms with van der Waals surface area (Å²) < 4.78 is 0. The van der Waals surface area contributed by atoms with Gasteiger partial charge in [0, 0.05) is 0 Å². The monoisotopic (exact) mass is 307 g/mol. The largest absolute Gasteiger partial charge is 0.479 e. The molecule has 122 valence electrons. The Morgan fingerprint density at radius 3 is 2.18 bits per heavy atom. The minimum atomic E-state index is -1.96. The molecule has 0 aliphatic rings.